The lowest BCUT2D eigenvalue weighted by molar-refractivity contribution is 0.125. The largest absolute Gasteiger partial charge is 0.493 e. The van der Waals surface area contributed by atoms with Crippen LogP contribution in [0.15, 0.2) is 18.2 Å². The Morgan fingerprint density at radius 1 is 1.18 bits per heavy atom. The predicted molar refractivity (Wildman–Crippen MR) is 71.0 cm³/mol. The number of hydrogen-bond donors (Lipinski definition) is 1. The van der Waals surface area contributed by atoms with Crippen molar-refractivity contribution in [3.63, 3.8) is 0 Å². The second-order valence-corrected chi connectivity index (χ2v) is 5.05. The molecule has 0 fully saturated rings. The van der Waals surface area contributed by atoms with Crippen LogP contribution in [0, 0.1) is 0 Å². The Labute approximate surface area is 104 Å². The normalized spacial score (nSPS) is 11.4. The minimum atomic E-state index is -0.209. The summed E-state index contributed by atoms with van der Waals surface area (Å²) in [5.74, 6) is 1.60. The molecule has 1 aromatic rings. The van der Waals surface area contributed by atoms with E-state index < -0.39 is 0 Å². The van der Waals surface area contributed by atoms with E-state index in [2.05, 4.69) is 11.4 Å². The van der Waals surface area contributed by atoms with Crippen LogP contribution in [0.4, 0.5) is 0 Å². The third-order valence-electron chi connectivity index (χ3n) is 2.31. The van der Waals surface area contributed by atoms with Gasteiger partial charge in [0.15, 0.2) is 11.5 Å². The molecule has 0 aliphatic heterocycles. The van der Waals surface area contributed by atoms with Crippen molar-refractivity contribution in [2.24, 2.45) is 0 Å². The minimum Gasteiger partial charge on any atom is -0.493 e. The van der Waals surface area contributed by atoms with Crippen LogP contribution in [0.2, 0.25) is 0 Å². The van der Waals surface area contributed by atoms with Crippen LogP contribution in [-0.2, 0) is 6.42 Å². The van der Waals surface area contributed by atoms with Gasteiger partial charge in [-0.2, -0.15) is 0 Å². The summed E-state index contributed by atoms with van der Waals surface area (Å²) >= 11 is 0. The molecule has 1 N–H and O–H groups in total. The molecule has 96 valence electrons. The Morgan fingerprint density at radius 2 is 1.88 bits per heavy atom. The van der Waals surface area contributed by atoms with Gasteiger partial charge in [0.1, 0.15) is 5.60 Å². The van der Waals surface area contributed by atoms with Crippen molar-refractivity contribution in [3.05, 3.63) is 23.8 Å². The number of benzene rings is 1. The molecule has 0 spiro atoms. The van der Waals surface area contributed by atoms with Crippen LogP contribution in [0.25, 0.3) is 0 Å². The fourth-order valence-corrected chi connectivity index (χ4v) is 1.55. The molecular formula is C14H23NO2. The zero-order chi connectivity index (χ0) is 12.9. The first-order valence-corrected chi connectivity index (χ1v) is 5.97. The van der Waals surface area contributed by atoms with Crippen molar-refractivity contribution < 1.29 is 9.47 Å². The number of ether oxygens (including phenoxy) is 2. The number of methoxy groups -OCH3 is 1. The number of rotatable bonds is 5. The van der Waals surface area contributed by atoms with Crippen LogP contribution in [0.1, 0.15) is 26.3 Å². The molecular weight excluding hydrogens is 214 g/mol. The van der Waals surface area contributed by atoms with Crippen LogP contribution >= 0.6 is 0 Å². The van der Waals surface area contributed by atoms with Crippen molar-refractivity contribution in [1.82, 2.24) is 5.32 Å². The monoisotopic (exact) mass is 237 g/mol. The molecule has 1 rings (SSSR count). The Balaban J connectivity index is 2.85. The zero-order valence-corrected chi connectivity index (χ0v) is 11.5. The van der Waals surface area contributed by atoms with Crippen LogP contribution in [0.5, 0.6) is 11.5 Å². The molecule has 0 heterocycles. The van der Waals surface area contributed by atoms with Gasteiger partial charge in [0.2, 0.25) is 0 Å². The maximum Gasteiger partial charge on any atom is 0.161 e. The topological polar surface area (TPSA) is 30.5 Å². The summed E-state index contributed by atoms with van der Waals surface area (Å²) < 4.78 is 11.2. The second kappa shape index (κ2) is 5.92. The first-order valence-electron chi connectivity index (χ1n) is 5.97. The van der Waals surface area contributed by atoms with E-state index in [4.69, 9.17) is 9.47 Å². The average Bonchev–Trinajstić information content (AvgIpc) is 2.25. The molecule has 0 saturated heterocycles. The first kappa shape index (κ1) is 13.8. The van der Waals surface area contributed by atoms with Crippen molar-refractivity contribution in [1.29, 1.82) is 0 Å². The summed E-state index contributed by atoms with van der Waals surface area (Å²) in [4.78, 5) is 0. The maximum absolute atomic E-state index is 5.84. The SMILES string of the molecule is CNCCc1ccc(OC(C)(C)C)c(OC)c1. The number of likely N-dealkylation sites (N-methyl/N-ethyl adjacent to an activating group) is 1. The zero-order valence-electron chi connectivity index (χ0n) is 11.5. The highest BCUT2D eigenvalue weighted by atomic mass is 16.5. The van der Waals surface area contributed by atoms with E-state index in [1.807, 2.05) is 40.0 Å². The van der Waals surface area contributed by atoms with Gasteiger partial charge >= 0.3 is 0 Å². The molecule has 17 heavy (non-hydrogen) atoms. The van der Waals surface area contributed by atoms with Crippen LogP contribution in [-0.4, -0.2) is 26.3 Å². The molecule has 0 unspecified atom stereocenters. The molecule has 0 aliphatic rings. The van der Waals surface area contributed by atoms with E-state index in [1.54, 1.807) is 7.11 Å². The molecule has 3 heteroatoms. The van der Waals surface area contributed by atoms with Crippen molar-refractivity contribution >= 4 is 0 Å². The molecule has 3 nitrogen and oxygen atoms in total. The summed E-state index contributed by atoms with van der Waals surface area (Å²) in [6.45, 7) is 7.05. The van der Waals surface area contributed by atoms with Crippen LogP contribution in [0.3, 0.4) is 0 Å². The first-order chi connectivity index (χ1) is 7.96. The maximum atomic E-state index is 5.84. The third kappa shape index (κ3) is 4.65. The van der Waals surface area contributed by atoms with E-state index in [0.29, 0.717) is 0 Å². The number of nitrogens with one attached hydrogen (secondary N) is 1. The molecule has 0 amide bonds. The molecule has 0 radical (unpaired) electrons. The second-order valence-electron chi connectivity index (χ2n) is 5.05. The van der Waals surface area contributed by atoms with E-state index in [1.165, 1.54) is 5.56 Å². The smallest absolute Gasteiger partial charge is 0.161 e. The van der Waals surface area contributed by atoms with E-state index >= 15 is 0 Å². The lowest BCUT2D eigenvalue weighted by Crippen LogP contribution is -2.23. The molecule has 0 atom stereocenters. The summed E-state index contributed by atoms with van der Waals surface area (Å²) in [5.41, 5.74) is 1.04. The highest BCUT2D eigenvalue weighted by molar-refractivity contribution is 5.43. The molecule has 0 bridgehead atoms. The van der Waals surface area contributed by atoms with Gasteiger partial charge in [-0.3, -0.25) is 0 Å². The Hall–Kier alpha value is -1.22. The van der Waals surface area contributed by atoms with Gasteiger partial charge in [0, 0.05) is 0 Å². The van der Waals surface area contributed by atoms with Gasteiger partial charge in [-0.15, -0.1) is 0 Å². The van der Waals surface area contributed by atoms with Gasteiger partial charge in [0.05, 0.1) is 7.11 Å². The van der Waals surface area contributed by atoms with Crippen molar-refractivity contribution in [3.8, 4) is 11.5 Å². The summed E-state index contributed by atoms with van der Waals surface area (Å²) in [6.07, 6.45) is 0.989. The van der Waals surface area contributed by atoms with Gasteiger partial charge in [-0.1, -0.05) is 6.07 Å². The Morgan fingerprint density at radius 3 is 2.41 bits per heavy atom. The summed E-state index contributed by atoms with van der Waals surface area (Å²) in [6, 6.07) is 6.11. The average molecular weight is 237 g/mol. The fourth-order valence-electron chi connectivity index (χ4n) is 1.55. The molecule has 1 aromatic carbocycles. The van der Waals surface area contributed by atoms with E-state index in [9.17, 15) is 0 Å². The van der Waals surface area contributed by atoms with Gasteiger partial charge < -0.3 is 14.8 Å². The van der Waals surface area contributed by atoms with E-state index in [0.717, 1.165) is 24.5 Å². The van der Waals surface area contributed by atoms with E-state index in [-0.39, 0.29) is 5.60 Å². The van der Waals surface area contributed by atoms with Gasteiger partial charge in [0.25, 0.3) is 0 Å². The standard InChI is InChI=1S/C14H23NO2/c1-14(2,3)17-12-7-6-11(8-9-15-4)10-13(12)16-5/h6-7,10,15H,8-9H2,1-5H3. The van der Waals surface area contributed by atoms with Gasteiger partial charge in [-0.05, 0) is 58.5 Å². The number of hydrogen-bond acceptors (Lipinski definition) is 3. The minimum absolute atomic E-state index is 0.209. The molecule has 0 aromatic heterocycles. The highest BCUT2D eigenvalue weighted by Gasteiger charge is 2.15. The van der Waals surface area contributed by atoms with Crippen molar-refractivity contribution in [2.75, 3.05) is 20.7 Å². The summed E-state index contributed by atoms with van der Waals surface area (Å²) in [5, 5.41) is 3.13. The predicted octanol–water partition coefficient (Wildman–Crippen LogP) is 2.63. The molecule has 0 aliphatic carbocycles. The Bertz CT molecular complexity index is 356. The summed E-state index contributed by atoms with van der Waals surface area (Å²) in [7, 11) is 3.63. The van der Waals surface area contributed by atoms with Crippen LogP contribution < -0.4 is 14.8 Å². The molecule has 0 saturated carbocycles. The lowest BCUT2D eigenvalue weighted by atomic mass is 10.1. The lowest BCUT2D eigenvalue weighted by Gasteiger charge is -2.23. The fraction of sp³-hybridized carbons (Fsp3) is 0.571. The third-order valence-corrected chi connectivity index (χ3v) is 2.31. The quantitative estimate of drug-likeness (QED) is 0.854. The Kier molecular flexibility index (Phi) is 4.82. The highest BCUT2D eigenvalue weighted by Crippen LogP contribution is 2.31. The van der Waals surface area contributed by atoms with Gasteiger partial charge in [-0.25, -0.2) is 0 Å². The van der Waals surface area contributed by atoms with Crippen molar-refractivity contribution in [2.45, 2.75) is 32.8 Å².